The summed E-state index contributed by atoms with van der Waals surface area (Å²) in [6.07, 6.45) is 1.09. The van der Waals surface area contributed by atoms with Crippen molar-refractivity contribution in [3.05, 3.63) is 23.6 Å². The predicted molar refractivity (Wildman–Crippen MR) is 71.4 cm³/mol. The minimum Gasteiger partial charge on any atom is -0.762 e. The quantitative estimate of drug-likeness (QED) is 0.205. The summed E-state index contributed by atoms with van der Waals surface area (Å²) in [6, 6.07) is 1.46. The standard InChI is InChI=1S/C13H17N3O4/c1-4-12(17)19-7-5-16(2,3)6-8-20-13(18)11(9-14)10-15/h4H,1,5-8H2,2-3H3. The van der Waals surface area contributed by atoms with Gasteiger partial charge in [-0.1, -0.05) is 6.58 Å². The second-order valence-corrected chi connectivity index (χ2v) is 4.49. The summed E-state index contributed by atoms with van der Waals surface area (Å²) in [6.45, 7) is 4.56. The Morgan fingerprint density at radius 3 is 2.30 bits per heavy atom. The molecule has 0 aliphatic heterocycles. The fourth-order valence-corrected chi connectivity index (χ4v) is 1.14. The van der Waals surface area contributed by atoms with Crippen LogP contribution in [0.3, 0.4) is 0 Å². The zero-order valence-corrected chi connectivity index (χ0v) is 11.6. The lowest BCUT2D eigenvalue weighted by Gasteiger charge is -2.29. The van der Waals surface area contributed by atoms with E-state index in [1.807, 2.05) is 14.1 Å². The van der Waals surface area contributed by atoms with Crippen LogP contribution in [0.15, 0.2) is 18.2 Å². The number of esters is 2. The third-order valence-corrected chi connectivity index (χ3v) is 2.47. The Morgan fingerprint density at radius 1 is 1.30 bits per heavy atom. The number of carbonyl (C=O) groups is 2. The van der Waals surface area contributed by atoms with Gasteiger partial charge in [-0.15, -0.1) is 0 Å². The molecule has 0 bridgehead atoms. The average molecular weight is 279 g/mol. The first-order chi connectivity index (χ1) is 9.36. The van der Waals surface area contributed by atoms with Crippen LogP contribution in [0.1, 0.15) is 0 Å². The molecule has 0 atom stereocenters. The van der Waals surface area contributed by atoms with E-state index in [0.29, 0.717) is 17.6 Å². The Morgan fingerprint density at radius 2 is 1.85 bits per heavy atom. The van der Waals surface area contributed by atoms with Crippen LogP contribution >= 0.6 is 0 Å². The summed E-state index contributed by atoms with van der Waals surface area (Å²) < 4.78 is 10.1. The van der Waals surface area contributed by atoms with E-state index in [1.54, 1.807) is 0 Å². The zero-order valence-electron chi connectivity index (χ0n) is 11.6. The first-order valence-electron chi connectivity index (χ1n) is 5.81. The molecule has 0 spiro atoms. The molecule has 0 amide bonds. The van der Waals surface area contributed by atoms with Gasteiger partial charge in [-0.05, 0) is 0 Å². The monoisotopic (exact) mass is 279 g/mol. The van der Waals surface area contributed by atoms with Crippen molar-refractivity contribution in [3.63, 3.8) is 0 Å². The molecule has 0 aromatic heterocycles. The largest absolute Gasteiger partial charge is 0.762 e. The van der Waals surface area contributed by atoms with Gasteiger partial charge in [0.25, 0.3) is 0 Å². The van der Waals surface area contributed by atoms with Crippen molar-refractivity contribution in [2.24, 2.45) is 0 Å². The molecule has 0 fully saturated rings. The highest BCUT2D eigenvalue weighted by atomic mass is 16.5. The molecule has 0 aliphatic rings. The number of ether oxygens (including phenoxy) is 2. The molecule has 0 aliphatic carbocycles. The van der Waals surface area contributed by atoms with E-state index < -0.39 is 17.5 Å². The predicted octanol–water partition coefficient (Wildman–Crippen LogP) is 0.0243. The molecular formula is C13H17N3O4. The molecule has 7 nitrogen and oxygen atoms in total. The van der Waals surface area contributed by atoms with Crippen LogP contribution < -0.4 is 0 Å². The second kappa shape index (κ2) is 8.64. The lowest BCUT2D eigenvalue weighted by Crippen LogP contribution is -2.45. The first-order valence-corrected chi connectivity index (χ1v) is 5.81. The van der Waals surface area contributed by atoms with Gasteiger partial charge in [0.05, 0.1) is 14.1 Å². The molecule has 0 N–H and O–H groups in total. The smallest absolute Gasteiger partial charge is 0.355 e. The van der Waals surface area contributed by atoms with Crippen molar-refractivity contribution >= 4 is 17.8 Å². The normalized spacial score (nSPS) is 9.85. The zero-order chi connectivity index (χ0) is 15.6. The molecule has 0 heterocycles. The maximum atomic E-state index is 11.2. The molecule has 0 radical (unpaired) electrons. The van der Waals surface area contributed by atoms with Gasteiger partial charge in [0.1, 0.15) is 32.4 Å². The molecule has 0 saturated carbocycles. The van der Waals surface area contributed by atoms with Crippen LogP contribution in [0.5, 0.6) is 0 Å². The number of quaternary nitrogens is 1. The van der Waals surface area contributed by atoms with Gasteiger partial charge in [-0.3, -0.25) is 0 Å². The molecular weight excluding hydrogens is 262 g/mol. The van der Waals surface area contributed by atoms with Crippen LogP contribution in [0.4, 0.5) is 0 Å². The molecule has 20 heavy (non-hydrogen) atoms. The molecule has 0 rings (SSSR count). The van der Waals surface area contributed by atoms with Crippen LogP contribution in [-0.2, 0) is 19.1 Å². The number of nitriles is 1. The van der Waals surface area contributed by atoms with E-state index in [4.69, 9.17) is 20.1 Å². The van der Waals surface area contributed by atoms with Gasteiger partial charge in [0.2, 0.25) is 0 Å². The van der Waals surface area contributed by atoms with Crippen molar-refractivity contribution in [2.75, 3.05) is 40.4 Å². The summed E-state index contributed by atoms with van der Waals surface area (Å²) in [5.41, 5.74) is -0.574. The highest BCUT2D eigenvalue weighted by Gasteiger charge is 2.17. The van der Waals surface area contributed by atoms with E-state index in [-0.39, 0.29) is 13.2 Å². The summed E-state index contributed by atoms with van der Waals surface area (Å²) in [7, 11) is 3.74. The van der Waals surface area contributed by atoms with Crippen molar-refractivity contribution < 1.29 is 23.5 Å². The summed E-state index contributed by atoms with van der Waals surface area (Å²) in [5.74, 6) is 0.0510. The topological polar surface area (TPSA) is 98.7 Å². The van der Waals surface area contributed by atoms with Crippen LogP contribution in [0.2, 0.25) is 0 Å². The van der Waals surface area contributed by atoms with E-state index >= 15 is 0 Å². The molecule has 108 valence electrons. The van der Waals surface area contributed by atoms with Crippen molar-refractivity contribution in [1.82, 2.24) is 0 Å². The van der Waals surface area contributed by atoms with E-state index in [0.717, 1.165) is 6.08 Å². The van der Waals surface area contributed by atoms with Crippen molar-refractivity contribution in [1.29, 1.82) is 5.26 Å². The number of rotatable bonds is 8. The van der Waals surface area contributed by atoms with E-state index in [1.165, 1.54) is 11.9 Å². The van der Waals surface area contributed by atoms with Gasteiger partial charge < -0.3 is 19.4 Å². The maximum Gasteiger partial charge on any atom is 0.355 e. The SMILES string of the molecule is C=CC(=O)OCC[N+](C)(C)CCOC(=O)C(=C=[N-])C#N. The summed E-state index contributed by atoms with van der Waals surface area (Å²) in [4.78, 5) is 22.1. The highest BCUT2D eigenvalue weighted by Crippen LogP contribution is 1.99. The van der Waals surface area contributed by atoms with E-state index in [9.17, 15) is 9.59 Å². The third kappa shape index (κ3) is 7.11. The van der Waals surface area contributed by atoms with Gasteiger partial charge in [-0.25, -0.2) is 15.5 Å². The number of nitrogens with zero attached hydrogens (tertiary/aromatic N) is 3. The minimum absolute atomic E-state index is 0.0636. The lowest BCUT2D eigenvalue weighted by atomic mass is 10.3. The lowest BCUT2D eigenvalue weighted by molar-refractivity contribution is -0.890. The maximum absolute atomic E-state index is 11.2. The number of hydrogen-bond donors (Lipinski definition) is 0. The van der Waals surface area contributed by atoms with Gasteiger partial charge in [0, 0.05) is 6.08 Å². The van der Waals surface area contributed by atoms with Gasteiger partial charge in [-0.2, -0.15) is 5.26 Å². The van der Waals surface area contributed by atoms with Crippen LogP contribution in [0.25, 0.3) is 5.41 Å². The Hall–Kier alpha value is -2.42. The molecule has 0 aromatic rings. The minimum atomic E-state index is -0.923. The molecule has 0 aromatic carbocycles. The Labute approximate surface area is 117 Å². The Kier molecular flexibility index (Phi) is 7.60. The third-order valence-electron chi connectivity index (χ3n) is 2.47. The van der Waals surface area contributed by atoms with E-state index in [2.05, 4.69) is 6.58 Å². The second-order valence-electron chi connectivity index (χ2n) is 4.49. The van der Waals surface area contributed by atoms with Crippen LogP contribution in [0, 0.1) is 11.3 Å². The Bertz CT molecular complexity index is 470. The fourth-order valence-electron chi connectivity index (χ4n) is 1.14. The Balaban J connectivity index is 4.08. The molecule has 0 unspecified atom stereocenters. The van der Waals surface area contributed by atoms with Crippen LogP contribution in [-0.4, -0.2) is 62.7 Å². The average Bonchev–Trinajstić information content (AvgIpc) is 2.39. The summed E-state index contributed by atoms with van der Waals surface area (Å²) >= 11 is 0. The summed E-state index contributed by atoms with van der Waals surface area (Å²) in [5, 5.41) is 17.0. The number of likely N-dealkylation sites (N-methyl/N-ethyl adjacent to an activating group) is 1. The number of hydrogen-bond acceptors (Lipinski definition) is 5. The fraction of sp³-hybridized carbons (Fsp3) is 0.462. The molecule has 7 heteroatoms. The van der Waals surface area contributed by atoms with Gasteiger partial charge in [0.15, 0.2) is 5.57 Å². The van der Waals surface area contributed by atoms with Gasteiger partial charge >= 0.3 is 11.9 Å². The first kappa shape index (κ1) is 17.6. The van der Waals surface area contributed by atoms with Crippen molar-refractivity contribution in [3.8, 4) is 6.07 Å². The number of carbonyl (C=O) groups excluding carboxylic acids is 2. The molecule has 0 saturated heterocycles. The highest BCUT2D eigenvalue weighted by molar-refractivity contribution is 6.02. The van der Waals surface area contributed by atoms with Crippen molar-refractivity contribution in [2.45, 2.75) is 0 Å².